The van der Waals surface area contributed by atoms with Gasteiger partial charge >= 0.3 is 5.69 Å². The molecular formula is C14H9Cl2N3O3. The van der Waals surface area contributed by atoms with Crippen molar-refractivity contribution in [3.63, 3.8) is 0 Å². The first-order valence-corrected chi connectivity index (χ1v) is 6.98. The number of hydrogen-bond acceptors (Lipinski definition) is 4. The molecule has 0 atom stereocenters. The van der Waals surface area contributed by atoms with E-state index in [0.717, 1.165) is 0 Å². The molecule has 2 aromatic heterocycles. The third kappa shape index (κ3) is 2.98. The Morgan fingerprint density at radius 3 is 2.73 bits per heavy atom. The van der Waals surface area contributed by atoms with E-state index >= 15 is 0 Å². The van der Waals surface area contributed by atoms with Gasteiger partial charge in [0.1, 0.15) is 12.3 Å². The quantitative estimate of drug-likeness (QED) is 0.530. The van der Waals surface area contributed by atoms with Gasteiger partial charge in [0, 0.05) is 23.5 Å². The lowest BCUT2D eigenvalue weighted by atomic mass is 10.3. The maximum absolute atomic E-state index is 11.0. The Bertz CT molecular complexity index is 864. The zero-order chi connectivity index (χ0) is 15.7. The lowest BCUT2D eigenvalue weighted by Crippen LogP contribution is -1.99. The van der Waals surface area contributed by atoms with Crippen LogP contribution in [0.2, 0.25) is 10.0 Å². The van der Waals surface area contributed by atoms with E-state index in [2.05, 4.69) is 4.98 Å². The summed E-state index contributed by atoms with van der Waals surface area (Å²) >= 11 is 11.7. The third-order valence-electron chi connectivity index (χ3n) is 2.96. The highest BCUT2D eigenvalue weighted by Crippen LogP contribution is 2.30. The number of halogens is 2. The van der Waals surface area contributed by atoms with Gasteiger partial charge in [0.2, 0.25) is 0 Å². The van der Waals surface area contributed by atoms with Crippen molar-refractivity contribution in [1.29, 1.82) is 0 Å². The predicted molar refractivity (Wildman–Crippen MR) is 82.6 cm³/mol. The van der Waals surface area contributed by atoms with E-state index in [4.69, 9.17) is 27.9 Å². The van der Waals surface area contributed by atoms with E-state index in [9.17, 15) is 10.1 Å². The van der Waals surface area contributed by atoms with Gasteiger partial charge < -0.3 is 9.14 Å². The number of hydrogen-bond donors (Lipinski definition) is 0. The smallest absolute Gasteiger partial charge is 0.312 e. The maximum atomic E-state index is 11.0. The molecule has 2 heterocycles. The number of ether oxygens (including phenoxy) is 1. The molecule has 3 rings (SSSR count). The van der Waals surface area contributed by atoms with Crippen LogP contribution in [0.25, 0.3) is 5.65 Å². The zero-order valence-electron chi connectivity index (χ0n) is 11.1. The van der Waals surface area contributed by atoms with Crippen LogP contribution in [0.15, 0.2) is 42.7 Å². The molecule has 0 N–H and O–H groups in total. The summed E-state index contributed by atoms with van der Waals surface area (Å²) < 4.78 is 7.25. The molecule has 3 aromatic rings. The largest absolute Gasteiger partial charge is 0.480 e. The van der Waals surface area contributed by atoms with E-state index < -0.39 is 4.92 Å². The molecule has 0 amide bonds. The van der Waals surface area contributed by atoms with Crippen LogP contribution >= 0.6 is 23.2 Å². The summed E-state index contributed by atoms with van der Waals surface area (Å²) in [6.45, 7) is 0.0990. The van der Waals surface area contributed by atoms with E-state index in [1.807, 2.05) is 0 Å². The van der Waals surface area contributed by atoms with Crippen LogP contribution in [0, 0.1) is 10.1 Å². The Morgan fingerprint density at radius 2 is 1.95 bits per heavy atom. The first-order chi connectivity index (χ1) is 10.5. The van der Waals surface area contributed by atoms with Crippen molar-refractivity contribution >= 4 is 34.5 Å². The lowest BCUT2D eigenvalue weighted by molar-refractivity contribution is -0.385. The second-order valence-electron chi connectivity index (χ2n) is 4.50. The van der Waals surface area contributed by atoms with Gasteiger partial charge in [-0.3, -0.25) is 10.1 Å². The minimum atomic E-state index is -0.537. The highest BCUT2D eigenvalue weighted by molar-refractivity contribution is 6.31. The molecular weight excluding hydrogens is 329 g/mol. The summed E-state index contributed by atoms with van der Waals surface area (Å²) in [4.78, 5) is 14.8. The van der Waals surface area contributed by atoms with Gasteiger partial charge in [-0.15, -0.1) is 0 Å². The molecule has 0 spiro atoms. The third-order valence-corrected chi connectivity index (χ3v) is 3.42. The van der Waals surface area contributed by atoms with Crippen molar-refractivity contribution in [2.24, 2.45) is 0 Å². The van der Waals surface area contributed by atoms with E-state index in [-0.39, 0.29) is 23.1 Å². The molecule has 0 unspecified atom stereocenters. The molecule has 0 bridgehead atoms. The Kier molecular flexibility index (Phi) is 3.87. The number of nitrogens with zero attached hydrogens (tertiary/aromatic N) is 3. The summed E-state index contributed by atoms with van der Waals surface area (Å²) in [5.74, 6) is 0.143. The average molecular weight is 338 g/mol. The molecule has 0 radical (unpaired) electrons. The fraction of sp³-hybridized carbons (Fsp3) is 0.0714. The topological polar surface area (TPSA) is 69.7 Å². The van der Waals surface area contributed by atoms with Crippen LogP contribution in [-0.2, 0) is 6.61 Å². The molecule has 0 aliphatic rings. The zero-order valence-corrected chi connectivity index (χ0v) is 12.6. The number of nitro groups is 1. The first kappa shape index (κ1) is 14.6. The van der Waals surface area contributed by atoms with Crippen molar-refractivity contribution in [3.8, 4) is 5.75 Å². The van der Waals surface area contributed by atoms with Gasteiger partial charge in [-0.05, 0) is 24.3 Å². The molecule has 0 aliphatic heterocycles. The van der Waals surface area contributed by atoms with E-state index in [1.54, 1.807) is 28.9 Å². The van der Waals surface area contributed by atoms with Crippen molar-refractivity contribution in [1.82, 2.24) is 9.38 Å². The second kappa shape index (κ2) is 5.82. The summed E-state index contributed by atoms with van der Waals surface area (Å²) in [5, 5.41) is 11.9. The van der Waals surface area contributed by atoms with Crippen LogP contribution in [-0.4, -0.2) is 14.3 Å². The van der Waals surface area contributed by atoms with E-state index in [1.165, 1.54) is 18.2 Å². The average Bonchev–Trinajstić information content (AvgIpc) is 2.87. The molecule has 112 valence electrons. The Labute approximate surface area is 135 Å². The predicted octanol–water partition coefficient (Wildman–Crippen LogP) is 4.13. The molecule has 0 fully saturated rings. The van der Waals surface area contributed by atoms with Crippen molar-refractivity contribution in [2.45, 2.75) is 6.61 Å². The minimum Gasteiger partial charge on any atom is -0.480 e. The first-order valence-electron chi connectivity index (χ1n) is 6.23. The Balaban J connectivity index is 1.83. The Hall–Kier alpha value is -2.31. The van der Waals surface area contributed by atoms with Crippen LogP contribution in [0.1, 0.15) is 5.69 Å². The molecule has 1 aromatic carbocycles. The van der Waals surface area contributed by atoms with Crippen LogP contribution in [0.4, 0.5) is 5.69 Å². The van der Waals surface area contributed by atoms with Gasteiger partial charge in [-0.25, -0.2) is 4.98 Å². The summed E-state index contributed by atoms with van der Waals surface area (Å²) in [5.41, 5.74) is 1.17. The highest BCUT2D eigenvalue weighted by atomic mass is 35.5. The molecule has 8 heteroatoms. The SMILES string of the molecule is O=[N+]([O-])c1cc(Cl)ccc1OCc1cn2cc(Cl)ccc2n1. The fourth-order valence-corrected chi connectivity index (χ4v) is 2.33. The summed E-state index contributed by atoms with van der Waals surface area (Å²) in [6.07, 6.45) is 3.47. The molecule has 0 saturated heterocycles. The van der Waals surface area contributed by atoms with Gasteiger partial charge in [0.15, 0.2) is 5.75 Å². The molecule has 22 heavy (non-hydrogen) atoms. The normalized spacial score (nSPS) is 10.8. The highest BCUT2D eigenvalue weighted by Gasteiger charge is 2.16. The molecule has 6 nitrogen and oxygen atoms in total. The van der Waals surface area contributed by atoms with E-state index in [0.29, 0.717) is 16.4 Å². The van der Waals surface area contributed by atoms with Crippen molar-refractivity contribution in [3.05, 3.63) is 68.6 Å². The number of rotatable bonds is 4. The Morgan fingerprint density at radius 1 is 1.18 bits per heavy atom. The fourth-order valence-electron chi connectivity index (χ4n) is 1.99. The standard InChI is InChI=1S/C14H9Cl2N3O3/c15-9-1-3-13(12(5-9)19(20)21)22-8-11-7-18-6-10(16)2-4-14(18)17-11/h1-7H,8H2. The number of nitro benzene ring substituents is 1. The number of imidazole rings is 1. The van der Waals surface area contributed by atoms with Gasteiger partial charge in [0.05, 0.1) is 15.6 Å². The monoisotopic (exact) mass is 337 g/mol. The van der Waals surface area contributed by atoms with Crippen molar-refractivity contribution < 1.29 is 9.66 Å². The lowest BCUT2D eigenvalue weighted by Gasteiger charge is -2.05. The minimum absolute atomic E-state index is 0.0990. The second-order valence-corrected chi connectivity index (χ2v) is 5.38. The van der Waals surface area contributed by atoms with Crippen LogP contribution in [0.3, 0.4) is 0 Å². The summed E-state index contributed by atoms with van der Waals surface area (Å²) in [7, 11) is 0. The number of benzene rings is 1. The van der Waals surface area contributed by atoms with Crippen LogP contribution in [0.5, 0.6) is 5.75 Å². The van der Waals surface area contributed by atoms with Gasteiger partial charge in [0.25, 0.3) is 0 Å². The molecule has 0 aliphatic carbocycles. The maximum Gasteiger partial charge on any atom is 0.312 e. The van der Waals surface area contributed by atoms with Gasteiger partial charge in [-0.2, -0.15) is 0 Å². The van der Waals surface area contributed by atoms with Crippen molar-refractivity contribution in [2.75, 3.05) is 0 Å². The molecule has 0 saturated carbocycles. The van der Waals surface area contributed by atoms with Crippen LogP contribution < -0.4 is 4.74 Å². The number of aromatic nitrogens is 2. The number of pyridine rings is 1. The van der Waals surface area contributed by atoms with Gasteiger partial charge in [-0.1, -0.05) is 23.2 Å². The number of fused-ring (bicyclic) bond motifs is 1. The summed E-state index contributed by atoms with van der Waals surface area (Å²) in [6, 6.07) is 7.76.